The molecule has 0 spiro atoms. The Morgan fingerprint density at radius 3 is 3.00 bits per heavy atom. The van der Waals surface area contributed by atoms with E-state index >= 15 is 0 Å². The first-order valence-corrected chi connectivity index (χ1v) is 6.52. The molecule has 104 valence electrons. The maximum absolute atomic E-state index is 12.2. The number of para-hydroxylation sites is 1. The van der Waals surface area contributed by atoms with Crippen LogP contribution < -0.4 is 15.4 Å². The zero-order valence-electron chi connectivity index (χ0n) is 11.3. The Balaban J connectivity index is 2.07. The average Bonchev–Trinajstić information content (AvgIpc) is 2.39. The third-order valence-electron chi connectivity index (χ3n) is 3.42. The molecule has 0 aromatic heterocycles. The van der Waals surface area contributed by atoms with Crippen molar-refractivity contribution in [2.24, 2.45) is 0 Å². The minimum atomic E-state index is -0.254. The molecule has 19 heavy (non-hydrogen) atoms. The van der Waals surface area contributed by atoms with Gasteiger partial charge in [-0.2, -0.15) is 0 Å². The molecule has 0 bridgehead atoms. The maximum atomic E-state index is 12.2. The fraction of sp³-hybridized carbons (Fsp3) is 0.500. The molecule has 1 saturated heterocycles. The molecule has 1 aliphatic rings. The summed E-state index contributed by atoms with van der Waals surface area (Å²) in [6, 6.07) is 5.46. The summed E-state index contributed by atoms with van der Waals surface area (Å²) in [5, 5.41) is 16.2. The summed E-state index contributed by atoms with van der Waals surface area (Å²) in [5.74, 6) is -0.0497. The first-order chi connectivity index (χ1) is 9.11. The molecule has 1 fully saturated rings. The van der Waals surface area contributed by atoms with Crippen LogP contribution in [0.5, 0.6) is 11.5 Å². The smallest absolute Gasteiger partial charge is 0.255 e. The largest absolute Gasteiger partial charge is 0.504 e. The number of carbonyl (C=O) groups excluding carboxylic acids is 1. The Morgan fingerprint density at radius 2 is 2.32 bits per heavy atom. The Bertz CT molecular complexity index is 462. The van der Waals surface area contributed by atoms with E-state index in [1.54, 1.807) is 18.2 Å². The van der Waals surface area contributed by atoms with Crippen molar-refractivity contribution in [3.8, 4) is 11.5 Å². The van der Waals surface area contributed by atoms with Gasteiger partial charge in [-0.1, -0.05) is 6.07 Å². The fourth-order valence-electron chi connectivity index (χ4n) is 2.40. The van der Waals surface area contributed by atoms with E-state index in [1.807, 2.05) is 0 Å². The minimum absolute atomic E-state index is 0.107. The number of methoxy groups -OCH3 is 1. The molecular weight excluding hydrogens is 244 g/mol. The quantitative estimate of drug-likeness (QED) is 0.769. The van der Waals surface area contributed by atoms with Gasteiger partial charge in [0.15, 0.2) is 11.5 Å². The van der Waals surface area contributed by atoms with Crippen LogP contribution in [0.1, 0.15) is 30.1 Å². The van der Waals surface area contributed by atoms with E-state index in [4.69, 9.17) is 4.74 Å². The zero-order valence-corrected chi connectivity index (χ0v) is 11.3. The van der Waals surface area contributed by atoms with Gasteiger partial charge in [-0.15, -0.1) is 0 Å². The number of hydrogen-bond donors (Lipinski definition) is 3. The number of hydrogen-bond acceptors (Lipinski definition) is 4. The average molecular weight is 264 g/mol. The van der Waals surface area contributed by atoms with Crippen molar-refractivity contribution in [1.82, 2.24) is 10.6 Å². The standard InChI is InChI=1S/C14H20N2O3/c1-9-8-10(6-7-15-9)16-14(18)11-4-3-5-12(19-2)13(11)17/h3-5,9-10,15,17H,6-8H2,1-2H3,(H,16,18). The normalized spacial score (nSPS) is 22.8. The van der Waals surface area contributed by atoms with Gasteiger partial charge in [0.25, 0.3) is 5.91 Å². The molecule has 2 unspecified atom stereocenters. The second-order valence-electron chi connectivity index (χ2n) is 4.91. The second kappa shape index (κ2) is 5.93. The van der Waals surface area contributed by atoms with E-state index in [2.05, 4.69) is 17.6 Å². The molecule has 1 aliphatic heterocycles. The first kappa shape index (κ1) is 13.7. The summed E-state index contributed by atoms with van der Waals surface area (Å²) in [4.78, 5) is 12.2. The highest BCUT2D eigenvalue weighted by atomic mass is 16.5. The molecule has 1 amide bonds. The minimum Gasteiger partial charge on any atom is -0.504 e. The van der Waals surface area contributed by atoms with Crippen molar-refractivity contribution >= 4 is 5.91 Å². The summed E-state index contributed by atoms with van der Waals surface area (Å²) < 4.78 is 5.00. The van der Waals surface area contributed by atoms with Crippen molar-refractivity contribution < 1.29 is 14.6 Å². The van der Waals surface area contributed by atoms with Crippen LogP contribution in [0.3, 0.4) is 0 Å². The van der Waals surface area contributed by atoms with Gasteiger partial charge in [0, 0.05) is 12.1 Å². The van der Waals surface area contributed by atoms with E-state index in [1.165, 1.54) is 7.11 Å². The van der Waals surface area contributed by atoms with Gasteiger partial charge < -0.3 is 20.5 Å². The van der Waals surface area contributed by atoms with E-state index < -0.39 is 0 Å². The monoisotopic (exact) mass is 264 g/mol. The van der Waals surface area contributed by atoms with Crippen LogP contribution in [0.25, 0.3) is 0 Å². The SMILES string of the molecule is COc1cccc(C(=O)NC2CCNC(C)C2)c1O. The highest BCUT2D eigenvalue weighted by Gasteiger charge is 2.22. The number of nitrogens with one attached hydrogen (secondary N) is 2. The lowest BCUT2D eigenvalue weighted by Crippen LogP contribution is -2.46. The van der Waals surface area contributed by atoms with Crippen LogP contribution in [-0.4, -0.2) is 36.8 Å². The molecule has 5 heteroatoms. The molecule has 1 aromatic carbocycles. The van der Waals surface area contributed by atoms with Crippen molar-refractivity contribution in [2.75, 3.05) is 13.7 Å². The van der Waals surface area contributed by atoms with Crippen molar-refractivity contribution in [3.63, 3.8) is 0 Å². The summed E-state index contributed by atoms with van der Waals surface area (Å²) in [5.41, 5.74) is 0.255. The number of aromatic hydroxyl groups is 1. The Kier molecular flexibility index (Phi) is 4.27. The predicted octanol–water partition coefficient (Wildman–Crippen LogP) is 1.27. The summed E-state index contributed by atoms with van der Waals surface area (Å²) in [6.45, 7) is 3.00. The van der Waals surface area contributed by atoms with Crippen LogP contribution >= 0.6 is 0 Å². The lowest BCUT2D eigenvalue weighted by atomic mass is 10.00. The maximum Gasteiger partial charge on any atom is 0.255 e. The Hall–Kier alpha value is -1.75. The predicted molar refractivity (Wildman–Crippen MR) is 72.6 cm³/mol. The first-order valence-electron chi connectivity index (χ1n) is 6.52. The number of phenols is 1. The number of piperidine rings is 1. The molecule has 0 aliphatic carbocycles. The van der Waals surface area contributed by atoms with E-state index in [9.17, 15) is 9.90 Å². The van der Waals surface area contributed by atoms with Gasteiger partial charge in [-0.3, -0.25) is 4.79 Å². The van der Waals surface area contributed by atoms with Gasteiger partial charge in [-0.05, 0) is 38.4 Å². The van der Waals surface area contributed by atoms with Crippen LogP contribution in [0.15, 0.2) is 18.2 Å². The van der Waals surface area contributed by atoms with Crippen LogP contribution in [-0.2, 0) is 0 Å². The van der Waals surface area contributed by atoms with E-state index in [-0.39, 0.29) is 23.3 Å². The van der Waals surface area contributed by atoms with Crippen LogP contribution in [0, 0.1) is 0 Å². The number of ether oxygens (including phenoxy) is 1. The van der Waals surface area contributed by atoms with Crippen molar-refractivity contribution in [3.05, 3.63) is 23.8 Å². The van der Waals surface area contributed by atoms with Gasteiger partial charge in [0.2, 0.25) is 0 Å². The van der Waals surface area contributed by atoms with Gasteiger partial charge in [0.1, 0.15) is 0 Å². The molecule has 2 atom stereocenters. The second-order valence-corrected chi connectivity index (χ2v) is 4.91. The topological polar surface area (TPSA) is 70.6 Å². The molecule has 3 N–H and O–H groups in total. The Labute approximate surface area is 113 Å². The molecule has 1 heterocycles. The highest BCUT2D eigenvalue weighted by Crippen LogP contribution is 2.29. The summed E-state index contributed by atoms with van der Waals surface area (Å²) >= 11 is 0. The van der Waals surface area contributed by atoms with Crippen molar-refractivity contribution in [1.29, 1.82) is 0 Å². The van der Waals surface area contributed by atoms with Crippen LogP contribution in [0.2, 0.25) is 0 Å². The lowest BCUT2D eigenvalue weighted by Gasteiger charge is -2.28. The fourth-order valence-corrected chi connectivity index (χ4v) is 2.40. The zero-order chi connectivity index (χ0) is 13.8. The number of phenolic OH excluding ortho intramolecular Hbond substituents is 1. The number of amides is 1. The molecule has 2 rings (SSSR count). The van der Waals surface area contributed by atoms with E-state index in [0.29, 0.717) is 11.8 Å². The number of carbonyl (C=O) groups is 1. The molecule has 0 radical (unpaired) electrons. The number of benzene rings is 1. The van der Waals surface area contributed by atoms with Crippen LogP contribution in [0.4, 0.5) is 0 Å². The third kappa shape index (κ3) is 3.17. The molecule has 0 saturated carbocycles. The molecular formula is C14H20N2O3. The highest BCUT2D eigenvalue weighted by molar-refractivity contribution is 5.97. The molecule has 5 nitrogen and oxygen atoms in total. The Morgan fingerprint density at radius 1 is 1.53 bits per heavy atom. The molecule has 1 aromatic rings. The van der Waals surface area contributed by atoms with Gasteiger partial charge in [0.05, 0.1) is 12.7 Å². The third-order valence-corrected chi connectivity index (χ3v) is 3.42. The van der Waals surface area contributed by atoms with E-state index in [0.717, 1.165) is 19.4 Å². The lowest BCUT2D eigenvalue weighted by molar-refractivity contribution is 0.0922. The summed E-state index contributed by atoms with van der Waals surface area (Å²) in [6.07, 6.45) is 1.80. The number of rotatable bonds is 3. The van der Waals surface area contributed by atoms with Gasteiger partial charge >= 0.3 is 0 Å². The van der Waals surface area contributed by atoms with Crippen molar-refractivity contribution in [2.45, 2.75) is 31.8 Å². The summed E-state index contributed by atoms with van der Waals surface area (Å²) in [7, 11) is 1.46. The van der Waals surface area contributed by atoms with Gasteiger partial charge in [-0.25, -0.2) is 0 Å².